The Bertz CT molecular complexity index is 895. The number of carboxylic acids is 8. The van der Waals surface area contributed by atoms with Crippen molar-refractivity contribution in [3.05, 3.63) is 0 Å². The molecule has 0 aromatic rings. The molecule has 22 nitrogen and oxygen atoms in total. The van der Waals surface area contributed by atoms with E-state index in [4.69, 9.17) is 29.9 Å². The van der Waals surface area contributed by atoms with Crippen LogP contribution >= 0.6 is 0 Å². The maximum absolute atomic E-state index is 11.4. The van der Waals surface area contributed by atoms with Crippen molar-refractivity contribution in [1.82, 2.24) is 19.6 Å². The zero-order chi connectivity index (χ0) is 34.0. The zero-order valence-electron chi connectivity index (χ0n) is 23.1. The molecular weight excluding hydrogens is 608 g/mol. The van der Waals surface area contributed by atoms with Gasteiger partial charge in [0.25, 0.3) is 0 Å². The Kier molecular flexibility index (Phi) is 18.3. The number of nitrogens with zero attached hydrogens (tertiary/aromatic N) is 4. The Labute approximate surface area is 247 Å². The number of carbonyl (C=O) groups is 8. The van der Waals surface area contributed by atoms with E-state index >= 15 is 0 Å². The molecule has 0 saturated heterocycles. The molecule has 0 aromatic carbocycles. The largest absolute Gasteiger partial charge is 0.480 e. The van der Waals surface area contributed by atoms with E-state index in [0.29, 0.717) is 0 Å². The first-order chi connectivity index (χ1) is 20.4. The highest BCUT2D eigenvalue weighted by molar-refractivity contribution is 5.74. The highest BCUT2D eigenvalue weighted by atomic mass is 16.6. The van der Waals surface area contributed by atoms with Crippen molar-refractivity contribution in [1.29, 1.82) is 0 Å². The summed E-state index contributed by atoms with van der Waals surface area (Å²) in [5.74, 6) is -12.0. The summed E-state index contributed by atoms with van der Waals surface area (Å²) < 4.78 is 11.0. The predicted molar refractivity (Wildman–Crippen MR) is 137 cm³/mol. The van der Waals surface area contributed by atoms with E-state index in [-0.39, 0.29) is 0 Å². The molecule has 0 saturated carbocycles. The zero-order valence-corrected chi connectivity index (χ0v) is 23.1. The van der Waals surface area contributed by atoms with Crippen LogP contribution in [0.3, 0.4) is 0 Å². The molecule has 250 valence electrons. The van der Waals surface area contributed by atoms with Gasteiger partial charge in [-0.3, -0.25) is 58.0 Å². The highest BCUT2D eigenvalue weighted by Crippen LogP contribution is 2.09. The second kappa shape index (κ2) is 20.4. The lowest BCUT2D eigenvalue weighted by molar-refractivity contribution is -0.163. The number of rotatable bonds is 27. The number of hydrogen-bond donors (Lipinski definition) is 8. The summed E-state index contributed by atoms with van der Waals surface area (Å²) in [6.45, 7) is -9.65. The minimum absolute atomic E-state index is 0.587. The van der Waals surface area contributed by atoms with Crippen molar-refractivity contribution in [2.45, 2.75) is 12.5 Å². The highest BCUT2D eigenvalue weighted by Gasteiger charge is 2.30. The van der Waals surface area contributed by atoms with Gasteiger partial charge in [-0.15, -0.1) is 0 Å². The summed E-state index contributed by atoms with van der Waals surface area (Å²) in [4.78, 5) is 93.4. The fourth-order valence-corrected chi connectivity index (χ4v) is 3.71. The third-order valence-corrected chi connectivity index (χ3v) is 5.14. The number of aliphatic carboxylic acids is 8. The van der Waals surface area contributed by atoms with Gasteiger partial charge in [-0.25, -0.2) is 0 Å². The lowest BCUT2D eigenvalue weighted by atomic mass is 10.3. The molecule has 0 spiro atoms. The third kappa shape index (κ3) is 19.6. The maximum Gasteiger partial charge on any atom is 0.317 e. The topological polar surface area (TPSA) is 330 Å². The van der Waals surface area contributed by atoms with E-state index < -0.39 is 139 Å². The van der Waals surface area contributed by atoms with Crippen LogP contribution in [0.1, 0.15) is 0 Å². The van der Waals surface area contributed by atoms with E-state index in [0.717, 1.165) is 19.6 Å². The predicted octanol–water partition coefficient (Wildman–Crippen LogP) is -4.44. The molecule has 0 aliphatic heterocycles. The van der Waals surface area contributed by atoms with E-state index in [2.05, 4.69) is 0 Å². The van der Waals surface area contributed by atoms with E-state index in [1.165, 1.54) is 0 Å². The lowest BCUT2D eigenvalue weighted by Crippen LogP contribution is -2.52. The number of hydrogen-bond acceptors (Lipinski definition) is 14. The summed E-state index contributed by atoms with van der Waals surface area (Å²) in [5.41, 5.74) is 0. The van der Waals surface area contributed by atoms with Gasteiger partial charge in [0.15, 0.2) is 0 Å². The van der Waals surface area contributed by atoms with Gasteiger partial charge in [0.1, 0.15) is 12.5 Å². The second-order valence-electron chi connectivity index (χ2n) is 8.95. The molecular formula is C22H34N4O18. The van der Waals surface area contributed by atoms with Crippen LogP contribution in [0.15, 0.2) is 0 Å². The second-order valence-corrected chi connectivity index (χ2v) is 8.95. The third-order valence-electron chi connectivity index (χ3n) is 5.14. The molecule has 0 aliphatic rings. The van der Waals surface area contributed by atoms with Crippen LogP contribution in [-0.4, -0.2) is 199 Å². The van der Waals surface area contributed by atoms with E-state index in [9.17, 15) is 58.8 Å². The van der Waals surface area contributed by atoms with Crippen LogP contribution in [0.25, 0.3) is 0 Å². The molecule has 0 amide bonds. The standard InChI is InChI=1S/C22H34N4O18/c27-15(28)5-23(6-16(29)30)3-13(25(9-19(35)36)10-20(37)38)43-1-2-44-14(26(11-21(39)40)12-22(41)42)4-24(7-17(31)32)8-18(33)34/h13-14H,1-12H2,(H,27,28)(H,29,30)(H,31,32)(H,33,34)(H,35,36)(H,37,38)(H,39,40)(H,41,42). The van der Waals surface area contributed by atoms with Gasteiger partial charge in [-0.05, 0) is 0 Å². The molecule has 0 radical (unpaired) electrons. The van der Waals surface area contributed by atoms with Crippen molar-refractivity contribution in [3.63, 3.8) is 0 Å². The van der Waals surface area contributed by atoms with Crippen LogP contribution in [-0.2, 0) is 47.8 Å². The lowest BCUT2D eigenvalue weighted by Gasteiger charge is -2.34. The van der Waals surface area contributed by atoms with Gasteiger partial charge in [-0.2, -0.15) is 0 Å². The first-order valence-electron chi connectivity index (χ1n) is 12.3. The molecule has 0 heterocycles. The minimum Gasteiger partial charge on any atom is -0.480 e. The van der Waals surface area contributed by atoms with Crippen molar-refractivity contribution in [3.8, 4) is 0 Å². The Morgan fingerprint density at radius 3 is 0.773 bits per heavy atom. The first kappa shape index (κ1) is 39.5. The molecule has 0 rings (SSSR count). The van der Waals surface area contributed by atoms with Crippen LogP contribution in [0, 0.1) is 0 Å². The SMILES string of the molecule is O=C(O)CN(CC(=O)O)CC(OCCOC(CN(CC(=O)O)CC(=O)O)N(CC(=O)O)CC(=O)O)N(CC(=O)O)CC(=O)O. The van der Waals surface area contributed by atoms with Crippen molar-refractivity contribution in [2.24, 2.45) is 0 Å². The van der Waals surface area contributed by atoms with Crippen LogP contribution < -0.4 is 0 Å². The number of ether oxygens (including phenoxy) is 2. The quantitative estimate of drug-likeness (QED) is 0.0309. The molecule has 2 unspecified atom stereocenters. The molecule has 8 N–H and O–H groups in total. The van der Waals surface area contributed by atoms with Gasteiger partial charge in [0, 0.05) is 13.1 Å². The van der Waals surface area contributed by atoms with Crippen molar-refractivity contribution in [2.75, 3.05) is 78.7 Å². The molecule has 2 atom stereocenters. The summed E-state index contributed by atoms with van der Waals surface area (Å²) >= 11 is 0. The monoisotopic (exact) mass is 642 g/mol. The van der Waals surface area contributed by atoms with Gasteiger partial charge < -0.3 is 50.3 Å². The maximum atomic E-state index is 11.4. The first-order valence-corrected chi connectivity index (χ1v) is 12.3. The normalized spacial score (nSPS) is 12.7. The molecule has 22 heteroatoms. The molecule has 0 bridgehead atoms. The Hall–Kier alpha value is -4.48. The minimum atomic E-state index is -1.56. The molecule has 0 aromatic heterocycles. The summed E-state index contributed by atoms with van der Waals surface area (Å²) in [5, 5.41) is 73.3. The van der Waals surface area contributed by atoms with Gasteiger partial charge in [-0.1, -0.05) is 0 Å². The van der Waals surface area contributed by atoms with Gasteiger partial charge in [0.2, 0.25) is 0 Å². The Morgan fingerprint density at radius 1 is 0.386 bits per heavy atom. The smallest absolute Gasteiger partial charge is 0.317 e. The van der Waals surface area contributed by atoms with Crippen LogP contribution in [0.5, 0.6) is 0 Å². The van der Waals surface area contributed by atoms with Gasteiger partial charge >= 0.3 is 47.8 Å². The molecule has 44 heavy (non-hydrogen) atoms. The van der Waals surface area contributed by atoms with E-state index in [1.807, 2.05) is 0 Å². The summed E-state index contributed by atoms with van der Waals surface area (Å²) in [6, 6.07) is 0. The number of carboxylic acid groups (broad SMARTS) is 8. The van der Waals surface area contributed by atoms with E-state index in [1.54, 1.807) is 0 Å². The van der Waals surface area contributed by atoms with Crippen LogP contribution in [0.4, 0.5) is 0 Å². The van der Waals surface area contributed by atoms with Crippen molar-refractivity contribution >= 4 is 47.8 Å². The Morgan fingerprint density at radius 2 is 0.591 bits per heavy atom. The summed E-state index contributed by atoms with van der Waals surface area (Å²) in [6.07, 6.45) is -3.12. The van der Waals surface area contributed by atoms with Gasteiger partial charge in [0.05, 0.1) is 65.6 Å². The summed E-state index contributed by atoms with van der Waals surface area (Å²) in [7, 11) is 0. The molecule has 0 aliphatic carbocycles. The van der Waals surface area contributed by atoms with Crippen LogP contribution in [0.2, 0.25) is 0 Å². The average Bonchev–Trinajstić information content (AvgIpc) is 2.81. The Balaban J connectivity index is 6.10. The molecule has 0 fully saturated rings. The fraction of sp³-hybridized carbons (Fsp3) is 0.636. The fourth-order valence-electron chi connectivity index (χ4n) is 3.71. The van der Waals surface area contributed by atoms with Crippen molar-refractivity contribution < 1.29 is 88.7 Å². The average molecular weight is 643 g/mol.